The van der Waals surface area contributed by atoms with Crippen molar-refractivity contribution in [2.24, 2.45) is 0 Å². The van der Waals surface area contributed by atoms with Gasteiger partial charge in [-0.2, -0.15) is 0 Å². The maximum Gasteiger partial charge on any atom is 0.260 e. The largest absolute Gasteiger partial charge is 0.480 e. The van der Waals surface area contributed by atoms with Crippen molar-refractivity contribution >= 4 is 21.8 Å². The van der Waals surface area contributed by atoms with Crippen LogP contribution in [-0.2, 0) is 11.2 Å². The van der Waals surface area contributed by atoms with Crippen LogP contribution in [0, 0.1) is 5.82 Å². The van der Waals surface area contributed by atoms with Gasteiger partial charge in [0.1, 0.15) is 11.6 Å². The van der Waals surface area contributed by atoms with E-state index in [0.29, 0.717) is 18.7 Å². The molecule has 0 heterocycles. The smallest absolute Gasteiger partial charge is 0.260 e. The summed E-state index contributed by atoms with van der Waals surface area (Å²) in [7, 11) is 0. The summed E-state index contributed by atoms with van der Waals surface area (Å²) in [5.74, 6) is 0.185. The summed E-state index contributed by atoms with van der Waals surface area (Å²) in [5.41, 5.74) is 0.973. The third-order valence-electron chi connectivity index (χ3n) is 3.14. The lowest BCUT2D eigenvalue weighted by molar-refractivity contribution is -0.127. The monoisotopic (exact) mass is 365 g/mol. The quantitative estimate of drug-likeness (QED) is 0.847. The number of nitrogens with one attached hydrogen (secondary N) is 1. The Morgan fingerprint density at radius 1 is 1.23 bits per heavy atom. The van der Waals surface area contributed by atoms with Crippen molar-refractivity contribution in [2.45, 2.75) is 19.4 Å². The zero-order valence-corrected chi connectivity index (χ0v) is 13.8. The average molecular weight is 366 g/mol. The molecule has 0 radical (unpaired) electrons. The molecule has 0 aromatic heterocycles. The van der Waals surface area contributed by atoms with E-state index in [1.807, 2.05) is 18.2 Å². The minimum Gasteiger partial charge on any atom is -0.480 e. The molecule has 0 fully saturated rings. The van der Waals surface area contributed by atoms with Gasteiger partial charge >= 0.3 is 0 Å². The molecule has 0 aliphatic carbocycles. The minimum absolute atomic E-state index is 0.183. The van der Waals surface area contributed by atoms with Crippen LogP contribution in [0.1, 0.15) is 12.5 Å². The van der Waals surface area contributed by atoms with Gasteiger partial charge in [0.2, 0.25) is 0 Å². The lowest BCUT2D eigenvalue weighted by Gasteiger charge is -2.15. The Balaban J connectivity index is 1.79. The molecule has 0 bridgehead atoms. The van der Waals surface area contributed by atoms with Crippen molar-refractivity contribution in [3.8, 4) is 5.75 Å². The molecule has 1 atom stereocenters. The third-order valence-corrected chi connectivity index (χ3v) is 3.79. The summed E-state index contributed by atoms with van der Waals surface area (Å²) >= 11 is 3.38. The number of para-hydroxylation sites is 1. The van der Waals surface area contributed by atoms with Gasteiger partial charge < -0.3 is 10.1 Å². The summed E-state index contributed by atoms with van der Waals surface area (Å²) in [6, 6.07) is 13.6. The first kappa shape index (κ1) is 16.5. The fourth-order valence-electron chi connectivity index (χ4n) is 1.91. The molecule has 5 heteroatoms. The maximum absolute atomic E-state index is 12.8. The van der Waals surface area contributed by atoms with Gasteiger partial charge in [0, 0.05) is 6.54 Å². The second kappa shape index (κ2) is 7.94. The number of carbonyl (C=O) groups is 1. The van der Waals surface area contributed by atoms with Crippen LogP contribution >= 0.6 is 15.9 Å². The van der Waals surface area contributed by atoms with Gasteiger partial charge in [-0.1, -0.05) is 24.3 Å². The highest BCUT2D eigenvalue weighted by Crippen LogP contribution is 2.24. The molecule has 1 N–H and O–H groups in total. The Bertz CT molecular complexity index is 631. The van der Waals surface area contributed by atoms with Crippen molar-refractivity contribution in [2.75, 3.05) is 6.54 Å². The Morgan fingerprint density at radius 3 is 2.59 bits per heavy atom. The van der Waals surface area contributed by atoms with Crippen LogP contribution < -0.4 is 10.1 Å². The van der Waals surface area contributed by atoms with E-state index in [2.05, 4.69) is 21.2 Å². The van der Waals surface area contributed by atoms with Gasteiger partial charge in [0.25, 0.3) is 5.91 Å². The summed E-state index contributed by atoms with van der Waals surface area (Å²) in [4.78, 5) is 12.0. The van der Waals surface area contributed by atoms with Crippen LogP contribution in [0.15, 0.2) is 53.0 Å². The second-order valence-electron chi connectivity index (χ2n) is 4.86. The van der Waals surface area contributed by atoms with Crippen LogP contribution in [0.25, 0.3) is 0 Å². The number of benzene rings is 2. The third kappa shape index (κ3) is 4.84. The summed E-state index contributed by atoms with van der Waals surface area (Å²) in [6.07, 6.45) is 0.0558. The Morgan fingerprint density at radius 2 is 1.91 bits per heavy atom. The number of ether oxygens (including phenoxy) is 1. The Kier molecular flexibility index (Phi) is 5.95. The molecule has 1 amide bonds. The molecule has 0 spiro atoms. The average Bonchev–Trinajstić information content (AvgIpc) is 2.51. The van der Waals surface area contributed by atoms with Gasteiger partial charge in [-0.05, 0) is 59.1 Å². The predicted molar refractivity (Wildman–Crippen MR) is 87.3 cm³/mol. The van der Waals surface area contributed by atoms with Crippen molar-refractivity contribution in [1.29, 1.82) is 0 Å². The molecule has 0 aliphatic heterocycles. The summed E-state index contributed by atoms with van der Waals surface area (Å²) < 4.78 is 19.2. The van der Waals surface area contributed by atoms with Crippen molar-refractivity contribution in [3.05, 3.63) is 64.4 Å². The minimum atomic E-state index is -0.591. The molecular formula is C17H17BrFNO2. The van der Waals surface area contributed by atoms with Crippen LogP contribution in [0.4, 0.5) is 4.39 Å². The number of carbonyl (C=O) groups excluding carboxylic acids is 1. The summed E-state index contributed by atoms with van der Waals surface area (Å²) in [5, 5.41) is 2.81. The molecule has 0 saturated heterocycles. The fraction of sp³-hybridized carbons (Fsp3) is 0.235. The first-order valence-corrected chi connectivity index (χ1v) is 7.79. The van der Waals surface area contributed by atoms with E-state index >= 15 is 0 Å². The molecule has 1 unspecified atom stereocenters. The SMILES string of the molecule is CC(Oc1ccccc1Br)C(=O)NCCc1ccc(F)cc1. The molecule has 116 valence electrons. The van der Waals surface area contributed by atoms with E-state index in [1.165, 1.54) is 12.1 Å². The summed E-state index contributed by atoms with van der Waals surface area (Å²) in [6.45, 7) is 2.18. The molecule has 22 heavy (non-hydrogen) atoms. The Hall–Kier alpha value is -1.88. The highest BCUT2D eigenvalue weighted by Gasteiger charge is 2.15. The van der Waals surface area contributed by atoms with Crippen LogP contribution in [0.3, 0.4) is 0 Å². The molecular weight excluding hydrogens is 349 g/mol. The van der Waals surface area contributed by atoms with E-state index in [1.54, 1.807) is 25.1 Å². The van der Waals surface area contributed by atoms with Crippen LogP contribution in [0.2, 0.25) is 0 Å². The van der Waals surface area contributed by atoms with Crippen molar-refractivity contribution in [1.82, 2.24) is 5.32 Å². The maximum atomic E-state index is 12.8. The second-order valence-corrected chi connectivity index (χ2v) is 5.71. The van der Waals surface area contributed by atoms with E-state index in [4.69, 9.17) is 4.74 Å². The van der Waals surface area contributed by atoms with Gasteiger partial charge in [0.05, 0.1) is 4.47 Å². The van der Waals surface area contributed by atoms with Gasteiger partial charge in [0.15, 0.2) is 6.10 Å². The molecule has 2 aromatic carbocycles. The lowest BCUT2D eigenvalue weighted by Crippen LogP contribution is -2.37. The van der Waals surface area contributed by atoms with Gasteiger partial charge in [-0.25, -0.2) is 4.39 Å². The lowest BCUT2D eigenvalue weighted by atomic mass is 10.1. The predicted octanol–water partition coefficient (Wildman–Crippen LogP) is 3.71. The van der Waals surface area contributed by atoms with Crippen molar-refractivity contribution in [3.63, 3.8) is 0 Å². The topological polar surface area (TPSA) is 38.3 Å². The van der Waals surface area contributed by atoms with E-state index in [0.717, 1.165) is 10.0 Å². The standard InChI is InChI=1S/C17H17BrFNO2/c1-12(22-16-5-3-2-4-15(16)18)17(21)20-11-10-13-6-8-14(19)9-7-13/h2-9,12H,10-11H2,1H3,(H,20,21). The highest BCUT2D eigenvalue weighted by molar-refractivity contribution is 9.10. The van der Waals surface area contributed by atoms with Gasteiger partial charge in [-0.3, -0.25) is 4.79 Å². The molecule has 2 aromatic rings. The van der Waals surface area contributed by atoms with E-state index in [9.17, 15) is 9.18 Å². The molecule has 2 rings (SSSR count). The fourth-order valence-corrected chi connectivity index (χ4v) is 2.29. The number of halogens is 2. The van der Waals surface area contributed by atoms with Gasteiger partial charge in [-0.15, -0.1) is 0 Å². The van der Waals surface area contributed by atoms with Crippen LogP contribution in [-0.4, -0.2) is 18.6 Å². The number of rotatable bonds is 6. The highest BCUT2D eigenvalue weighted by atomic mass is 79.9. The zero-order valence-electron chi connectivity index (χ0n) is 12.2. The molecule has 3 nitrogen and oxygen atoms in total. The normalized spacial score (nSPS) is 11.8. The Labute approximate surface area is 137 Å². The number of hydrogen-bond acceptors (Lipinski definition) is 2. The van der Waals surface area contributed by atoms with E-state index < -0.39 is 6.10 Å². The number of amides is 1. The first-order valence-electron chi connectivity index (χ1n) is 6.99. The molecule has 0 aliphatic rings. The first-order chi connectivity index (χ1) is 10.6. The number of hydrogen-bond donors (Lipinski definition) is 1. The zero-order chi connectivity index (χ0) is 15.9. The van der Waals surface area contributed by atoms with Crippen LogP contribution in [0.5, 0.6) is 5.75 Å². The molecule has 0 saturated carbocycles. The van der Waals surface area contributed by atoms with Crippen molar-refractivity contribution < 1.29 is 13.9 Å². The van der Waals surface area contributed by atoms with E-state index in [-0.39, 0.29) is 11.7 Å².